The summed E-state index contributed by atoms with van der Waals surface area (Å²) < 4.78 is 0. The molecular weight excluding hydrogens is 252 g/mol. The van der Waals surface area contributed by atoms with Crippen molar-refractivity contribution >= 4 is 17.3 Å². The van der Waals surface area contributed by atoms with E-state index in [0.29, 0.717) is 5.69 Å². The molecule has 4 heteroatoms. The van der Waals surface area contributed by atoms with Crippen LogP contribution < -0.4 is 0 Å². The van der Waals surface area contributed by atoms with Gasteiger partial charge >= 0.3 is 5.97 Å². The SMILES string of the molecule is CCCc1ccc(N=Nc2ccc(C(=O)O)cc2)cc1. The fraction of sp³-hybridized carbons (Fsp3) is 0.188. The number of rotatable bonds is 5. The average Bonchev–Trinajstić information content (AvgIpc) is 2.47. The highest BCUT2D eigenvalue weighted by Crippen LogP contribution is 2.19. The van der Waals surface area contributed by atoms with Gasteiger partial charge in [0, 0.05) is 0 Å². The summed E-state index contributed by atoms with van der Waals surface area (Å²) >= 11 is 0. The van der Waals surface area contributed by atoms with Crippen LogP contribution in [-0.4, -0.2) is 11.1 Å². The van der Waals surface area contributed by atoms with Gasteiger partial charge in [0.1, 0.15) is 0 Å². The molecule has 0 aliphatic rings. The highest BCUT2D eigenvalue weighted by molar-refractivity contribution is 5.87. The first-order valence-electron chi connectivity index (χ1n) is 6.53. The molecule has 0 fully saturated rings. The van der Waals surface area contributed by atoms with Crippen LogP contribution >= 0.6 is 0 Å². The van der Waals surface area contributed by atoms with E-state index in [1.54, 1.807) is 12.1 Å². The number of carboxylic acids is 1. The number of hydrogen-bond donors (Lipinski definition) is 1. The van der Waals surface area contributed by atoms with Crippen molar-refractivity contribution in [2.75, 3.05) is 0 Å². The quantitative estimate of drug-likeness (QED) is 0.795. The van der Waals surface area contributed by atoms with Gasteiger partial charge in [0.25, 0.3) is 0 Å². The summed E-state index contributed by atoms with van der Waals surface area (Å²) in [6.45, 7) is 2.15. The standard InChI is InChI=1S/C16H16N2O2/c1-2-3-12-4-8-14(9-5-12)17-18-15-10-6-13(7-11-15)16(19)20/h4-11H,2-3H2,1H3,(H,19,20). The Hall–Kier alpha value is -2.49. The van der Waals surface area contributed by atoms with E-state index in [9.17, 15) is 4.79 Å². The maximum absolute atomic E-state index is 10.7. The van der Waals surface area contributed by atoms with E-state index in [-0.39, 0.29) is 5.56 Å². The summed E-state index contributed by atoms with van der Waals surface area (Å²) in [5.41, 5.74) is 2.95. The van der Waals surface area contributed by atoms with E-state index in [1.807, 2.05) is 24.3 Å². The fourth-order valence-electron chi connectivity index (χ4n) is 1.80. The van der Waals surface area contributed by atoms with Crippen molar-refractivity contribution < 1.29 is 9.90 Å². The van der Waals surface area contributed by atoms with Crippen molar-refractivity contribution in [1.82, 2.24) is 0 Å². The van der Waals surface area contributed by atoms with Gasteiger partial charge in [0.15, 0.2) is 0 Å². The zero-order valence-corrected chi connectivity index (χ0v) is 11.3. The highest BCUT2D eigenvalue weighted by Gasteiger charge is 2.00. The van der Waals surface area contributed by atoms with Crippen LogP contribution in [0.1, 0.15) is 29.3 Å². The van der Waals surface area contributed by atoms with Crippen molar-refractivity contribution in [2.45, 2.75) is 19.8 Å². The lowest BCUT2D eigenvalue weighted by Gasteiger charge is -1.98. The molecule has 0 spiro atoms. The number of hydrogen-bond acceptors (Lipinski definition) is 3. The van der Waals surface area contributed by atoms with Crippen LogP contribution in [0.3, 0.4) is 0 Å². The zero-order valence-electron chi connectivity index (χ0n) is 11.3. The normalized spacial score (nSPS) is 10.8. The third-order valence-corrected chi connectivity index (χ3v) is 2.87. The topological polar surface area (TPSA) is 62.0 Å². The molecule has 102 valence electrons. The maximum atomic E-state index is 10.7. The Labute approximate surface area is 117 Å². The van der Waals surface area contributed by atoms with Crippen LogP contribution in [0.2, 0.25) is 0 Å². The van der Waals surface area contributed by atoms with E-state index in [2.05, 4.69) is 17.2 Å². The van der Waals surface area contributed by atoms with Gasteiger partial charge in [-0.3, -0.25) is 0 Å². The summed E-state index contributed by atoms with van der Waals surface area (Å²) in [5, 5.41) is 17.0. The average molecular weight is 268 g/mol. The van der Waals surface area contributed by atoms with E-state index >= 15 is 0 Å². The van der Waals surface area contributed by atoms with Crippen LogP contribution in [-0.2, 0) is 6.42 Å². The van der Waals surface area contributed by atoms with Gasteiger partial charge in [0.05, 0.1) is 16.9 Å². The summed E-state index contributed by atoms with van der Waals surface area (Å²) in [7, 11) is 0. The summed E-state index contributed by atoms with van der Waals surface area (Å²) in [6, 6.07) is 14.3. The van der Waals surface area contributed by atoms with Gasteiger partial charge in [-0.1, -0.05) is 25.5 Å². The van der Waals surface area contributed by atoms with Gasteiger partial charge in [-0.2, -0.15) is 10.2 Å². The molecule has 1 N–H and O–H groups in total. The second-order valence-electron chi connectivity index (χ2n) is 4.47. The molecule has 0 aromatic heterocycles. The number of aryl methyl sites for hydroxylation is 1. The molecule has 20 heavy (non-hydrogen) atoms. The Kier molecular flexibility index (Phi) is 4.60. The highest BCUT2D eigenvalue weighted by atomic mass is 16.4. The Bertz CT molecular complexity index is 601. The van der Waals surface area contributed by atoms with Crippen molar-refractivity contribution in [3.05, 3.63) is 59.7 Å². The predicted molar refractivity (Wildman–Crippen MR) is 78.0 cm³/mol. The Morgan fingerprint density at radius 1 is 0.950 bits per heavy atom. The molecule has 2 aromatic rings. The fourth-order valence-corrected chi connectivity index (χ4v) is 1.80. The lowest BCUT2D eigenvalue weighted by molar-refractivity contribution is 0.0697. The number of benzene rings is 2. The number of carbonyl (C=O) groups is 1. The molecule has 0 atom stereocenters. The second kappa shape index (κ2) is 6.61. The largest absolute Gasteiger partial charge is 0.478 e. The molecule has 0 aliphatic carbocycles. The second-order valence-corrected chi connectivity index (χ2v) is 4.47. The monoisotopic (exact) mass is 268 g/mol. The maximum Gasteiger partial charge on any atom is 0.335 e. The smallest absolute Gasteiger partial charge is 0.335 e. The Balaban J connectivity index is 2.06. The van der Waals surface area contributed by atoms with E-state index in [0.717, 1.165) is 18.5 Å². The molecule has 0 radical (unpaired) electrons. The van der Waals surface area contributed by atoms with Crippen LogP contribution in [0, 0.1) is 0 Å². The molecule has 0 unspecified atom stereocenters. The molecule has 0 aliphatic heterocycles. The number of carboxylic acid groups (broad SMARTS) is 1. The first-order valence-corrected chi connectivity index (χ1v) is 6.53. The predicted octanol–water partition coefficient (Wildman–Crippen LogP) is 4.75. The third-order valence-electron chi connectivity index (χ3n) is 2.87. The summed E-state index contributed by atoms with van der Waals surface area (Å²) in [6.07, 6.45) is 2.19. The van der Waals surface area contributed by atoms with E-state index in [4.69, 9.17) is 5.11 Å². The third kappa shape index (κ3) is 3.75. The lowest BCUT2D eigenvalue weighted by atomic mass is 10.1. The Morgan fingerprint density at radius 3 is 1.90 bits per heavy atom. The molecule has 2 rings (SSSR count). The van der Waals surface area contributed by atoms with Gasteiger partial charge in [0.2, 0.25) is 0 Å². The molecule has 0 amide bonds. The molecule has 0 saturated carbocycles. The molecular formula is C16H16N2O2. The van der Waals surface area contributed by atoms with Gasteiger partial charge in [-0.05, 0) is 48.4 Å². The molecule has 0 heterocycles. The van der Waals surface area contributed by atoms with Crippen LogP contribution in [0.25, 0.3) is 0 Å². The molecule has 0 saturated heterocycles. The van der Waals surface area contributed by atoms with Gasteiger partial charge in [-0.25, -0.2) is 4.79 Å². The van der Waals surface area contributed by atoms with Gasteiger partial charge < -0.3 is 5.11 Å². The van der Waals surface area contributed by atoms with Crippen molar-refractivity contribution in [3.63, 3.8) is 0 Å². The minimum Gasteiger partial charge on any atom is -0.478 e. The first kappa shape index (κ1) is 13.9. The number of azo groups is 1. The zero-order chi connectivity index (χ0) is 14.4. The summed E-state index contributed by atoms with van der Waals surface area (Å²) in [4.78, 5) is 10.7. The van der Waals surface area contributed by atoms with E-state index in [1.165, 1.54) is 17.7 Å². The van der Waals surface area contributed by atoms with Crippen LogP contribution in [0.5, 0.6) is 0 Å². The van der Waals surface area contributed by atoms with Crippen LogP contribution in [0.15, 0.2) is 58.8 Å². The van der Waals surface area contributed by atoms with Crippen molar-refractivity contribution in [2.24, 2.45) is 10.2 Å². The number of nitrogens with zero attached hydrogens (tertiary/aromatic N) is 2. The summed E-state index contributed by atoms with van der Waals surface area (Å²) in [5.74, 6) is -0.944. The van der Waals surface area contributed by atoms with Crippen LogP contribution in [0.4, 0.5) is 11.4 Å². The van der Waals surface area contributed by atoms with E-state index < -0.39 is 5.97 Å². The number of aromatic carboxylic acids is 1. The molecule has 4 nitrogen and oxygen atoms in total. The molecule has 2 aromatic carbocycles. The van der Waals surface area contributed by atoms with Gasteiger partial charge in [-0.15, -0.1) is 0 Å². The first-order chi connectivity index (χ1) is 9.69. The van der Waals surface area contributed by atoms with Crippen molar-refractivity contribution in [3.8, 4) is 0 Å². The minimum absolute atomic E-state index is 0.243. The molecule has 0 bridgehead atoms. The van der Waals surface area contributed by atoms with Crippen molar-refractivity contribution in [1.29, 1.82) is 0 Å². The minimum atomic E-state index is -0.944. The Morgan fingerprint density at radius 2 is 1.45 bits per heavy atom. The lowest BCUT2D eigenvalue weighted by Crippen LogP contribution is -1.93.